The molecule has 0 spiro atoms. The Kier molecular flexibility index (Phi) is 5.04. The minimum Gasteiger partial charge on any atom is -0.352 e. The molecule has 2 N–H and O–H groups in total. The normalized spacial score (nSPS) is 16.9. The van der Waals surface area contributed by atoms with Crippen molar-refractivity contribution in [2.75, 3.05) is 13.1 Å². The first-order chi connectivity index (χ1) is 9.93. The number of rotatable bonds is 4. The summed E-state index contributed by atoms with van der Waals surface area (Å²) < 4.78 is 0. The van der Waals surface area contributed by atoms with Crippen molar-refractivity contribution in [2.45, 2.75) is 53.0 Å². The van der Waals surface area contributed by atoms with Crippen LogP contribution in [0.15, 0.2) is 18.2 Å². The van der Waals surface area contributed by atoms with Crippen molar-refractivity contribution in [1.82, 2.24) is 10.6 Å². The molecule has 0 aliphatic carbocycles. The number of hydrogen-bond donors (Lipinski definition) is 2. The lowest BCUT2D eigenvalue weighted by Crippen LogP contribution is -2.33. The zero-order valence-electron chi connectivity index (χ0n) is 13.8. The van der Waals surface area contributed by atoms with Crippen molar-refractivity contribution in [3.05, 3.63) is 34.9 Å². The number of benzene rings is 1. The first-order valence-corrected chi connectivity index (χ1v) is 8.08. The van der Waals surface area contributed by atoms with Gasteiger partial charge in [0, 0.05) is 18.2 Å². The average Bonchev–Trinajstić information content (AvgIpc) is 2.60. The summed E-state index contributed by atoms with van der Waals surface area (Å²) in [6.07, 6.45) is 3.11. The summed E-state index contributed by atoms with van der Waals surface area (Å²) in [5.41, 5.74) is 3.37. The van der Waals surface area contributed by atoms with Crippen molar-refractivity contribution < 1.29 is 4.79 Å². The second-order valence-electron chi connectivity index (χ2n) is 7.03. The van der Waals surface area contributed by atoms with E-state index in [0.717, 1.165) is 37.9 Å². The van der Waals surface area contributed by atoms with E-state index in [2.05, 4.69) is 56.5 Å². The van der Waals surface area contributed by atoms with E-state index < -0.39 is 0 Å². The topological polar surface area (TPSA) is 41.1 Å². The Morgan fingerprint density at radius 3 is 2.76 bits per heavy atom. The highest BCUT2D eigenvalue weighted by molar-refractivity contribution is 5.96. The minimum absolute atomic E-state index is 0.0764. The lowest BCUT2D eigenvalue weighted by molar-refractivity contribution is 0.0955. The monoisotopic (exact) mass is 288 g/mol. The van der Waals surface area contributed by atoms with Crippen molar-refractivity contribution >= 4 is 5.91 Å². The van der Waals surface area contributed by atoms with Gasteiger partial charge in [-0.3, -0.25) is 4.79 Å². The van der Waals surface area contributed by atoms with Gasteiger partial charge in [-0.2, -0.15) is 0 Å². The lowest BCUT2D eigenvalue weighted by Gasteiger charge is -2.32. The van der Waals surface area contributed by atoms with Gasteiger partial charge in [0.15, 0.2) is 0 Å². The molecule has 1 aromatic carbocycles. The molecule has 0 saturated carbocycles. The smallest absolute Gasteiger partial charge is 0.251 e. The number of amides is 1. The Labute approximate surface area is 128 Å². The quantitative estimate of drug-likeness (QED) is 0.891. The van der Waals surface area contributed by atoms with Crippen LogP contribution in [0.2, 0.25) is 0 Å². The predicted octanol–water partition coefficient (Wildman–Crippen LogP) is 3.45. The predicted molar refractivity (Wildman–Crippen MR) is 87.6 cm³/mol. The minimum atomic E-state index is 0.0764. The summed E-state index contributed by atoms with van der Waals surface area (Å²) in [6.45, 7) is 10.7. The summed E-state index contributed by atoms with van der Waals surface area (Å²) in [5, 5.41) is 6.62. The van der Waals surface area contributed by atoms with Gasteiger partial charge in [-0.05, 0) is 48.4 Å². The standard InChI is InChI=1S/C18H28N2O/c1-5-10-19-16(18(2,3)4)14-9-8-13-7-6-11-20-17(21)15(13)12-14/h8-9,12,16,19H,5-7,10-11H2,1-4H3,(H,20,21). The highest BCUT2D eigenvalue weighted by atomic mass is 16.1. The van der Waals surface area contributed by atoms with Crippen LogP contribution in [-0.2, 0) is 6.42 Å². The first-order valence-electron chi connectivity index (χ1n) is 8.08. The van der Waals surface area contributed by atoms with E-state index in [9.17, 15) is 4.79 Å². The molecule has 0 aromatic heterocycles. The van der Waals surface area contributed by atoms with Crippen LogP contribution in [-0.4, -0.2) is 19.0 Å². The summed E-state index contributed by atoms with van der Waals surface area (Å²) in [4.78, 5) is 12.2. The number of fused-ring (bicyclic) bond motifs is 1. The Hall–Kier alpha value is -1.35. The number of carbonyl (C=O) groups is 1. The number of carbonyl (C=O) groups excluding carboxylic acids is 1. The maximum Gasteiger partial charge on any atom is 0.251 e. The Balaban J connectivity index is 2.36. The second kappa shape index (κ2) is 6.61. The van der Waals surface area contributed by atoms with Crippen LogP contribution >= 0.6 is 0 Å². The fourth-order valence-electron chi connectivity index (χ4n) is 2.99. The zero-order chi connectivity index (χ0) is 15.5. The maximum atomic E-state index is 12.2. The van der Waals surface area contributed by atoms with Gasteiger partial charge < -0.3 is 10.6 Å². The molecule has 0 bridgehead atoms. The van der Waals surface area contributed by atoms with E-state index in [0.29, 0.717) is 0 Å². The zero-order valence-corrected chi connectivity index (χ0v) is 13.8. The van der Waals surface area contributed by atoms with Gasteiger partial charge in [-0.25, -0.2) is 0 Å². The van der Waals surface area contributed by atoms with Gasteiger partial charge in [0.25, 0.3) is 5.91 Å². The van der Waals surface area contributed by atoms with E-state index in [1.807, 2.05) is 0 Å². The van der Waals surface area contributed by atoms with Gasteiger partial charge >= 0.3 is 0 Å². The number of hydrogen-bond acceptors (Lipinski definition) is 2. The molecule has 3 nitrogen and oxygen atoms in total. The fraction of sp³-hybridized carbons (Fsp3) is 0.611. The third kappa shape index (κ3) is 3.85. The number of aryl methyl sites for hydroxylation is 1. The van der Waals surface area contributed by atoms with Crippen LogP contribution in [0.25, 0.3) is 0 Å². The van der Waals surface area contributed by atoms with Crippen molar-refractivity contribution in [2.24, 2.45) is 5.41 Å². The molecule has 0 fully saturated rings. The van der Waals surface area contributed by atoms with Crippen LogP contribution in [0.4, 0.5) is 0 Å². The van der Waals surface area contributed by atoms with Crippen molar-refractivity contribution in [1.29, 1.82) is 0 Å². The Morgan fingerprint density at radius 2 is 2.10 bits per heavy atom. The van der Waals surface area contributed by atoms with Crippen LogP contribution in [0.5, 0.6) is 0 Å². The molecule has 1 heterocycles. The highest BCUT2D eigenvalue weighted by Gasteiger charge is 2.27. The second-order valence-corrected chi connectivity index (χ2v) is 7.03. The van der Waals surface area contributed by atoms with E-state index >= 15 is 0 Å². The van der Waals surface area contributed by atoms with E-state index in [4.69, 9.17) is 0 Å². The summed E-state index contributed by atoms with van der Waals surface area (Å²) in [6, 6.07) is 6.69. The molecule has 0 radical (unpaired) electrons. The molecule has 1 atom stereocenters. The van der Waals surface area contributed by atoms with Gasteiger partial charge in [-0.15, -0.1) is 0 Å². The van der Waals surface area contributed by atoms with Crippen LogP contribution in [0.1, 0.15) is 68.1 Å². The third-order valence-corrected chi connectivity index (χ3v) is 4.08. The van der Waals surface area contributed by atoms with Crippen LogP contribution < -0.4 is 10.6 Å². The molecule has 116 valence electrons. The molecule has 3 heteroatoms. The van der Waals surface area contributed by atoms with Gasteiger partial charge in [0.2, 0.25) is 0 Å². The molecule has 1 aliphatic heterocycles. The summed E-state index contributed by atoms with van der Waals surface area (Å²) >= 11 is 0. The van der Waals surface area contributed by atoms with Gasteiger partial charge in [0.1, 0.15) is 0 Å². The number of nitrogens with one attached hydrogen (secondary N) is 2. The largest absolute Gasteiger partial charge is 0.352 e. The summed E-state index contributed by atoms with van der Waals surface area (Å²) in [7, 11) is 0. The Morgan fingerprint density at radius 1 is 1.33 bits per heavy atom. The SMILES string of the molecule is CCCNC(c1ccc2c(c1)C(=O)NCCC2)C(C)(C)C. The highest BCUT2D eigenvalue weighted by Crippen LogP contribution is 2.34. The fourth-order valence-corrected chi connectivity index (χ4v) is 2.99. The maximum absolute atomic E-state index is 12.2. The molecule has 2 rings (SSSR count). The van der Waals surface area contributed by atoms with Crippen molar-refractivity contribution in [3.63, 3.8) is 0 Å². The summed E-state index contributed by atoms with van der Waals surface area (Å²) in [5.74, 6) is 0.0764. The van der Waals surface area contributed by atoms with Crippen molar-refractivity contribution in [3.8, 4) is 0 Å². The van der Waals surface area contributed by atoms with E-state index in [-0.39, 0.29) is 17.4 Å². The van der Waals surface area contributed by atoms with Crippen LogP contribution in [0.3, 0.4) is 0 Å². The molecule has 1 aliphatic rings. The molecule has 21 heavy (non-hydrogen) atoms. The lowest BCUT2D eigenvalue weighted by atomic mass is 9.81. The average molecular weight is 288 g/mol. The third-order valence-electron chi connectivity index (χ3n) is 4.08. The molecule has 0 saturated heterocycles. The molecule has 1 amide bonds. The van der Waals surface area contributed by atoms with E-state index in [1.165, 1.54) is 11.1 Å². The van der Waals surface area contributed by atoms with E-state index in [1.54, 1.807) is 0 Å². The molecule has 1 aromatic rings. The molecular weight excluding hydrogens is 260 g/mol. The first kappa shape index (κ1) is 16.0. The molecule has 1 unspecified atom stereocenters. The Bertz CT molecular complexity index is 502. The van der Waals surface area contributed by atoms with Gasteiger partial charge in [0.05, 0.1) is 0 Å². The van der Waals surface area contributed by atoms with Crippen LogP contribution in [0, 0.1) is 5.41 Å². The van der Waals surface area contributed by atoms with Gasteiger partial charge in [-0.1, -0.05) is 39.8 Å². The molecular formula is C18H28N2O.